The summed E-state index contributed by atoms with van der Waals surface area (Å²) in [5.74, 6) is 0.571. The Morgan fingerprint density at radius 2 is 2.17 bits per heavy atom. The normalized spacial score (nSPS) is 12.6. The maximum Gasteiger partial charge on any atom is 0.138 e. The Balaban J connectivity index is 2.57. The maximum absolute atomic E-state index is 8.83. The maximum atomic E-state index is 8.83. The summed E-state index contributed by atoms with van der Waals surface area (Å²) in [5.41, 5.74) is 0. The molecule has 65 valence electrons. The van der Waals surface area contributed by atoms with Gasteiger partial charge in [-0.05, 0) is 19.1 Å². The predicted octanol–water partition coefficient (Wildman–Crippen LogP) is 1.91. The number of hydrogen-bond donors (Lipinski definition) is 1. The smallest absolute Gasteiger partial charge is 0.138 e. The molecule has 0 aliphatic heterocycles. The van der Waals surface area contributed by atoms with Crippen LogP contribution in [0.5, 0.6) is 5.75 Å². The molecule has 1 aromatic rings. The molecular formula is C9H10ClO2. The van der Waals surface area contributed by atoms with E-state index in [1.165, 1.54) is 0 Å². The molecule has 0 bridgehead atoms. The van der Waals surface area contributed by atoms with E-state index < -0.39 is 6.10 Å². The molecule has 1 aromatic carbocycles. The van der Waals surface area contributed by atoms with Gasteiger partial charge < -0.3 is 9.84 Å². The predicted molar refractivity (Wildman–Crippen MR) is 48.3 cm³/mol. The number of rotatable bonds is 3. The average Bonchev–Trinajstić information content (AvgIpc) is 2.03. The summed E-state index contributed by atoms with van der Waals surface area (Å²) in [6.45, 7) is 3.53. The van der Waals surface area contributed by atoms with Crippen LogP contribution in [0.2, 0.25) is 5.02 Å². The Bertz CT molecular complexity index is 248. The Morgan fingerprint density at radius 3 is 2.75 bits per heavy atom. The summed E-state index contributed by atoms with van der Waals surface area (Å²) < 4.78 is 5.15. The first-order chi connectivity index (χ1) is 5.70. The minimum Gasteiger partial charge on any atom is -0.489 e. The van der Waals surface area contributed by atoms with E-state index in [2.05, 4.69) is 6.92 Å². The highest BCUT2D eigenvalue weighted by molar-refractivity contribution is 6.32. The molecule has 0 aliphatic rings. The molecule has 0 aliphatic carbocycles. The third-order valence-corrected chi connectivity index (χ3v) is 1.58. The van der Waals surface area contributed by atoms with Gasteiger partial charge in [0.2, 0.25) is 0 Å². The van der Waals surface area contributed by atoms with E-state index in [0.29, 0.717) is 10.8 Å². The van der Waals surface area contributed by atoms with E-state index in [1.807, 2.05) is 12.1 Å². The fourth-order valence-corrected chi connectivity index (χ4v) is 0.938. The van der Waals surface area contributed by atoms with Gasteiger partial charge in [-0.15, -0.1) is 0 Å². The summed E-state index contributed by atoms with van der Waals surface area (Å²) in [6.07, 6.45) is -0.721. The van der Waals surface area contributed by atoms with Gasteiger partial charge in [0.1, 0.15) is 12.4 Å². The van der Waals surface area contributed by atoms with Crippen LogP contribution in [0, 0.1) is 6.92 Å². The number of aliphatic hydroxyl groups excluding tert-OH is 1. The van der Waals surface area contributed by atoms with Crippen LogP contribution in [0.1, 0.15) is 0 Å². The van der Waals surface area contributed by atoms with Gasteiger partial charge in [0.05, 0.1) is 11.1 Å². The van der Waals surface area contributed by atoms with Crippen molar-refractivity contribution in [1.82, 2.24) is 0 Å². The van der Waals surface area contributed by atoms with Gasteiger partial charge in [-0.25, -0.2) is 0 Å². The van der Waals surface area contributed by atoms with Crippen molar-refractivity contribution in [2.24, 2.45) is 0 Å². The summed E-state index contributed by atoms with van der Waals surface area (Å²) in [7, 11) is 0. The van der Waals surface area contributed by atoms with Crippen molar-refractivity contribution in [1.29, 1.82) is 0 Å². The molecule has 1 rings (SSSR count). The fraction of sp³-hybridized carbons (Fsp3) is 0.222. The molecule has 1 unspecified atom stereocenters. The number of benzene rings is 1. The lowest BCUT2D eigenvalue weighted by Crippen LogP contribution is -2.13. The highest BCUT2D eigenvalue weighted by Gasteiger charge is 2.01. The fourth-order valence-electron chi connectivity index (χ4n) is 0.748. The third kappa shape index (κ3) is 2.72. The summed E-state index contributed by atoms with van der Waals surface area (Å²) in [4.78, 5) is 0. The van der Waals surface area contributed by atoms with E-state index in [1.54, 1.807) is 12.1 Å². The molecule has 0 spiro atoms. The van der Waals surface area contributed by atoms with Crippen molar-refractivity contribution in [3.8, 4) is 5.75 Å². The van der Waals surface area contributed by atoms with E-state index in [-0.39, 0.29) is 6.61 Å². The van der Waals surface area contributed by atoms with Crippen molar-refractivity contribution >= 4 is 11.6 Å². The second kappa shape index (κ2) is 4.33. The van der Waals surface area contributed by atoms with Crippen LogP contribution in [0.4, 0.5) is 0 Å². The first-order valence-corrected chi connectivity index (χ1v) is 3.96. The van der Waals surface area contributed by atoms with Crippen LogP contribution in [0.3, 0.4) is 0 Å². The van der Waals surface area contributed by atoms with Crippen LogP contribution >= 0.6 is 11.6 Å². The molecule has 1 N–H and O–H groups in total. The minimum absolute atomic E-state index is 0.156. The second-order valence-corrected chi connectivity index (χ2v) is 2.80. The zero-order valence-corrected chi connectivity index (χ0v) is 7.29. The van der Waals surface area contributed by atoms with Gasteiger partial charge in [-0.3, -0.25) is 0 Å². The summed E-state index contributed by atoms with van der Waals surface area (Å²) in [5, 5.41) is 9.37. The SMILES string of the molecule is [CH2]C(O)COc1ccccc1Cl. The molecular weight excluding hydrogens is 176 g/mol. The highest BCUT2D eigenvalue weighted by Crippen LogP contribution is 2.22. The first kappa shape index (κ1) is 9.36. The van der Waals surface area contributed by atoms with Crippen LogP contribution in [0.25, 0.3) is 0 Å². The van der Waals surface area contributed by atoms with E-state index >= 15 is 0 Å². The third-order valence-electron chi connectivity index (χ3n) is 1.27. The zero-order chi connectivity index (χ0) is 8.97. The molecule has 1 atom stereocenters. The molecule has 0 saturated carbocycles. The lowest BCUT2D eigenvalue weighted by Gasteiger charge is -2.08. The summed E-state index contributed by atoms with van der Waals surface area (Å²) in [6, 6.07) is 7.10. The quantitative estimate of drug-likeness (QED) is 0.780. The Kier molecular flexibility index (Phi) is 3.38. The van der Waals surface area contributed by atoms with Crippen LogP contribution in [-0.2, 0) is 0 Å². The molecule has 3 heteroatoms. The lowest BCUT2D eigenvalue weighted by atomic mass is 10.3. The van der Waals surface area contributed by atoms with Gasteiger partial charge in [0.15, 0.2) is 0 Å². The topological polar surface area (TPSA) is 29.5 Å². The Morgan fingerprint density at radius 1 is 1.50 bits per heavy atom. The van der Waals surface area contributed by atoms with Gasteiger partial charge in [0.25, 0.3) is 0 Å². The molecule has 0 amide bonds. The van der Waals surface area contributed by atoms with Crippen LogP contribution < -0.4 is 4.74 Å². The molecule has 1 radical (unpaired) electrons. The number of para-hydroxylation sites is 1. The van der Waals surface area contributed by atoms with Crippen LogP contribution in [-0.4, -0.2) is 17.8 Å². The van der Waals surface area contributed by atoms with Gasteiger partial charge in [-0.1, -0.05) is 23.7 Å². The highest BCUT2D eigenvalue weighted by atomic mass is 35.5. The lowest BCUT2D eigenvalue weighted by molar-refractivity contribution is 0.142. The molecule has 0 aromatic heterocycles. The van der Waals surface area contributed by atoms with Crippen molar-refractivity contribution in [2.45, 2.75) is 6.10 Å². The number of hydrogen-bond acceptors (Lipinski definition) is 2. The van der Waals surface area contributed by atoms with Gasteiger partial charge in [0, 0.05) is 0 Å². The minimum atomic E-state index is -0.721. The van der Waals surface area contributed by atoms with Gasteiger partial charge >= 0.3 is 0 Å². The van der Waals surface area contributed by atoms with Crippen molar-refractivity contribution in [3.05, 3.63) is 36.2 Å². The van der Waals surface area contributed by atoms with Crippen molar-refractivity contribution in [3.63, 3.8) is 0 Å². The molecule has 2 nitrogen and oxygen atoms in total. The first-order valence-electron chi connectivity index (χ1n) is 3.58. The molecule has 0 heterocycles. The second-order valence-electron chi connectivity index (χ2n) is 2.40. The average molecular weight is 186 g/mol. The standard InChI is InChI=1S/C9H10ClO2/c1-7(11)6-12-9-5-3-2-4-8(9)10/h2-5,7,11H,1,6H2. The van der Waals surface area contributed by atoms with Crippen molar-refractivity contribution < 1.29 is 9.84 Å². The zero-order valence-electron chi connectivity index (χ0n) is 6.53. The number of halogens is 1. The van der Waals surface area contributed by atoms with E-state index in [0.717, 1.165) is 0 Å². The summed E-state index contributed by atoms with van der Waals surface area (Å²) >= 11 is 5.78. The Hall–Kier alpha value is -0.730. The van der Waals surface area contributed by atoms with Crippen LogP contribution in [0.15, 0.2) is 24.3 Å². The molecule has 12 heavy (non-hydrogen) atoms. The van der Waals surface area contributed by atoms with E-state index in [4.69, 9.17) is 21.4 Å². The molecule has 0 saturated heterocycles. The Labute approximate surface area is 76.7 Å². The number of ether oxygens (including phenoxy) is 1. The van der Waals surface area contributed by atoms with Gasteiger partial charge in [-0.2, -0.15) is 0 Å². The number of aliphatic hydroxyl groups is 1. The van der Waals surface area contributed by atoms with Crippen molar-refractivity contribution in [2.75, 3.05) is 6.61 Å². The monoisotopic (exact) mass is 185 g/mol. The van der Waals surface area contributed by atoms with E-state index in [9.17, 15) is 0 Å². The largest absolute Gasteiger partial charge is 0.489 e. The molecule has 0 fully saturated rings.